The predicted octanol–water partition coefficient (Wildman–Crippen LogP) is 4.45. The van der Waals surface area contributed by atoms with Crippen molar-refractivity contribution in [2.75, 3.05) is 6.61 Å². The SMILES string of the molecule is CCOC(=O)c1nc(-c2cccc3ccccc23)sc1C. The maximum Gasteiger partial charge on any atom is 0.358 e. The van der Waals surface area contributed by atoms with Gasteiger partial charge in [-0.25, -0.2) is 9.78 Å². The van der Waals surface area contributed by atoms with Gasteiger partial charge in [-0.3, -0.25) is 0 Å². The summed E-state index contributed by atoms with van der Waals surface area (Å²) in [5.74, 6) is -0.349. The minimum absolute atomic E-state index is 0.349. The van der Waals surface area contributed by atoms with Crippen LogP contribution in [0.25, 0.3) is 21.3 Å². The summed E-state index contributed by atoms with van der Waals surface area (Å²) in [6.07, 6.45) is 0. The van der Waals surface area contributed by atoms with Crippen molar-refractivity contribution in [2.24, 2.45) is 0 Å². The summed E-state index contributed by atoms with van der Waals surface area (Å²) in [4.78, 5) is 17.3. The number of hydrogen-bond donors (Lipinski definition) is 0. The zero-order valence-corrected chi connectivity index (χ0v) is 12.7. The van der Waals surface area contributed by atoms with Gasteiger partial charge in [0.15, 0.2) is 5.69 Å². The molecule has 0 aliphatic heterocycles. The summed E-state index contributed by atoms with van der Waals surface area (Å²) in [5, 5.41) is 3.16. The number of nitrogens with zero attached hydrogens (tertiary/aromatic N) is 1. The highest BCUT2D eigenvalue weighted by atomic mass is 32.1. The molecule has 3 nitrogen and oxygen atoms in total. The molecule has 1 heterocycles. The second kappa shape index (κ2) is 5.66. The fourth-order valence-electron chi connectivity index (χ4n) is 2.31. The second-order valence-corrected chi connectivity index (χ2v) is 5.87. The average molecular weight is 297 g/mol. The van der Waals surface area contributed by atoms with Crippen molar-refractivity contribution in [3.05, 3.63) is 53.0 Å². The Bertz CT molecular complexity index is 802. The molecule has 0 fully saturated rings. The van der Waals surface area contributed by atoms with Crippen LogP contribution in [0.4, 0.5) is 0 Å². The Kier molecular flexibility index (Phi) is 3.71. The van der Waals surface area contributed by atoms with Gasteiger partial charge in [-0.1, -0.05) is 42.5 Å². The molecule has 0 N–H and O–H groups in total. The Morgan fingerprint density at radius 1 is 1.19 bits per heavy atom. The minimum Gasteiger partial charge on any atom is -0.461 e. The van der Waals surface area contributed by atoms with E-state index in [1.54, 1.807) is 6.92 Å². The first-order valence-corrected chi connectivity index (χ1v) is 7.65. The molecule has 4 heteroatoms. The molecular weight excluding hydrogens is 282 g/mol. The Labute approximate surface area is 127 Å². The van der Waals surface area contributed by atoms with E-state index < -0.39 is 0 Å². The van der Waals surface area contributed by atoms with Gasteiger partial charge in [0.1, 0.15) is 5.01 Å². The van der Waals surface area contributed by atoms with E-state index in [1.165, 1.54) is 16.7 Å². The topological polar surface area (TPSA) is 39.2 Å². The zero-order valence-electron chi connectivity index (χ0n) is 11.9. The molecule has 0 saturated carbocycles. The molecule has 0 atom stereocenters. The first-order valence-electron chi connectivity index (χ1n) is 6.83. The van der Waals surface area contributed by atoms with Crippen molar-refractivity contribution in [1.82, 2.24) is 4.98 Å². The minimum atomic E-state index is -0.349. The maximum atomic E-state index is 11.9. The van der Waals surface area contributed by atoms with E-state index in [0.717, 1.165) is 20.8 Å². The van der Waals surface area contributed by atoms with Crippen LogP contribution in [0.3, 0.4) is 0 Å². The molecule has 0 saturated heterocycles. The second-order valence-electron chi connectivity index (χ2n) is 4.67. The third kappa shape index (κ3) is 2.54. The maximum absolute atomic E-state index is 11.9. The Balaban J connectivity index is 2.12. The first-order chi connectivity index (χ1) is 10.2. The van der Waals surface area contributed by atoms with Crippen molar-refractivity contribution >= 4 is 28.1 Å². The smallest absolute Gasteiger partial charge is 0.358 e. The number of rotatable bonds is 3. The molecule has 0 bridgehead atoms. The summed E-state index contributed by atoms with van der Waals surface area (Å²) in [6, 6.07) is 14.3. The van der Waals surface area contributed by atoms with Gasteiger partial charge in [0.2, 0.25) is 0 Å². The van der Waals surface area contributed by atoms with Crippen LogP contribution in [0, 0.1) is 6.92 Å². The Morgan fingerprint density at radius 2 is 1.95 bits per heavy atom. The number of carbonyl (C=O) groups is 1. The van der Waals surface area contributed by atoms with E-state index >= 15 is 0 Å². The molecule has 0 aliphatic carbocycles. The highest BCUT2D eigenvalue weighted by molar-refractivity contribution is 7.15. The monoisotopic (exact) mass is 297 g/mol. The molecule has 0 aliphatic rings. The van der Waals surface area contributed by atoms with Gasteiger partial charge in [0, 0.05) is 10.4 Å². The molecule has 0 amide bonds. The van der Waals surface area contributed by atoms with Gasteiger partial charge < -0.3 is 4.74 Å². The lowest BCUT2D eigenvalue weighted by atomic mass is 10.1. The number of aryl methyl sites for hydroxylation is 1. The fourth-order valence-corrected chi connectivity index (χ4v) is 3.25. The van der Waals surface area contributed by atoms with Crippen molar-refractivity contribution < 1.29 is 9.53 Å². The molecule has 2 aromatic carbocycles. The summed E-state index contributed by atoms with van der Waals surface area (Å²) >= 11 is 1.52. The van der Waals surface area contributed by atoms with Gasteiger partial charge in [-0.15, -0.1) is 11.3 Å². The van der Waals surface area contributed by atoms with E-state index in [2.05, 4.69) is 23.2 Å². The quantitative estimate of drug-likeness (QED) is 0.670. The van der Waals surface area contributed by atoms with Gasteiger partial charge in [-0.05, 0) is 24.6 Å². The number of thiazole rings is 1. The van der Waals surface area contributed by atoms with Crippen LogP contribution in [0.2, 0.25) is 0 Å². The molecule has 3 aromatic rings. The zero-order chi connectivity index (χ0) is 14.8. The summed E-state index contributed by atoms with van der Waals surface area (Å²) < 4.78 is 5.05. The van der Waals surface area contributed by atoms with Gasteiger partial charge >= 0.3 is 5.97 Å². The Hall–Kier alpha value is -2.20. The van der Waals surface area contributed by atoms with Gasteiger partial charge in [0.25, 0.3) is 0 Å². The van der Waals surface area contributed by atoms with E-state index in [1.807, 2.05) is 31.2 Å². The fraction of sp³-hybridized carbons (Fsp3) is 0.176. The van der Waals surface area contributed by atoms with Crippen LogP contribution in [0.1, 0.15) is 22.3 Å². The van der Waals surface area contributed by atoms with E-state index in [9.17, 15) is 4.79 Å². The van der Waals surface area contributed by atoms with E-state index in [-0.39, 0.29) is 5.97 Å². The summed E-state index contributed by atoms with van der Waals surface area (Å²) in [7, 11) is 0. The number of carbonyl (C=O) groups excluding carboxylic acids is 1. The summed E-state index contributed by atoms with van der Waals surface area (Å²) in [6.45, 7) is 4.06. The lowest BCUT2D eigenvalue weighted by molar-refractivity contribution is 0.0519. The number of fused-ring (bicyclic) bond motifs is 1. The first kappa shape index (κ1) is 13.8. The number of esters is 1. The van der Waals surface area contributed by atoms with Crippen LogP contribution in [0.15, 0.2) is 42.5 Å². The number of ether oxygens (including phenoxy) is 1. The Morgan fingerprint density at radius 3 is 2.76 bits per heavy atom. The molecule has 0 radical (unpaired) electrons. The van der Waals surface area contributed by atoms with Crippen LogP contribution in [-0.2, 0) is 4.74 Å². The summed E-state index contributed by atoms with van der Waals surface area (Å²) in [5.41, 5.74) is 1.47. The lowest BCUT2D eigenvalue weighted by Crippen LogP contribution is -2.06. The molecular formula is C17H15NO2S. The van der Waals surface area contributed by atoms with Crippen molar-refractivity contribution in [3.63, 3.8) is 0 Å². The highest BCUT2D eigenvalue weighted by Gasteiger charge is 2.18. The number of hydrogen-bond acceptors (Lipinski definition) is 4. The third-order valence-corrected chi connectivity index (χ3v) is 4.29. The molecule has 3 rings (SSSR count). The third-order valence-electron chi connectivity index (χ3n) is 3.29. The molecule has 0 spiro atoms. The molecule has 1 aromatic heterocycles. The predicted molar refractivity (Wildman–Crippen MR) is 85.7 cm³/mol. The van der Waals surface area contributed by atoms with E-state index in [0.29, 0.717) is 12.3 Å². The van der Waals surface area contributed by atoms with Gasteiger partial charge in [0.05, 0.1) is 6.61 Å². The van der Waals surface area contributed by atoms with Crippen LogP contribution >= 0.6 is 11.3 Å². The standard InChI is InChI=1S/C17H15NO2S/c1-3-20-17(19)15-11(2)21-16(18-15)14-10-6-8-12-7-4-5-9-13(12)14/h4-10H,3H2,1-2H3. The van der Waals surface area contributed by atoms with Crippen molar-refractivity contribution in [3.8, 4) is 10.6 Å². The highest BCUT2D eigenvalue weighted by Crippen LogP contribution is 2.33. The van der Waals surface area contributed by atoms with Crippen LogP contribution < -0.4 is 0 Å². The molecule has 0 unspecified atom stereocenters. The lowest BCUT2D eigenvalue weighted by Gasteiger charge is -2.03. The normalized spacial score (nSPS) is 10.8. The molecule has 106 valence electrons. The van der Waals surface area contributed by atoms with Gasteiger partial charge in [-0.2, -0.15) is 0 Å². The van der Waals surface area contributed by atoms with Crippen LogP contribution in [-0.4, -0.2) is 17.6 Å². The van der Waals surface area contributed by atoms with Crippen molar-refractivity contribution in [2.45, 2.75) is 13.8 Å². The average Bonchev–Trinajstić information content (AvgIpc) is 2.89. The number of aromatic nitrogens is 1. The van der Waals surface area contributed by atoms with Crippen LogP contribution in [0.5, 0.6) is 0 Å². The largest absolute Gasteiger partial charge is 0.461 e. The number of benzene rings is 2. The van der Waals surface area contributed by atoms with Crippen molar-refractivity contribution in [1.29, 1.82) is 0 Å². The van der Waals surface area contributed by atoms with E-state index in [4.69, 9.17) is 4.74 Å². The molecule has 21 heavy (non-hydrogen) atoms.